The molecule has 1 aromatic rings. The van der Waals surface area contributed by atoms with Crippen LogP contribution in [0.3, 0.4) is 0 Å². The standard InChI is InChI=1S/C12H16N4O2S/c13-12-15-7(6-19-12)4-10(17)16-3-1-2-8-9(16)5-14-11(8)18/h6,8-9H,1-5H2,(H2,13,15)(H,14,18). The summed E-state index contributed by atoms with van der Waals surface area (Å²) in [7, 11) is 0. The van der Waals surface area contributed by atoms with E-state index in [9.17, 15) is 9.59 Å². The predicted molar refractivity (Wildman–Crippen MR) is 71.5 cm³/mol. The topological polar surface area (TPSA) is 88.3 Å². The molecule has 3 N–H and O–H groups in total. The molecule has 2 unspecified atom stereocenters. The molecule has 1 aromatic heterocycles. The molecule has 102 valence electrons. The summed E-state index contributed by atoms with van der Waals surface area (Å²) in [6.45, 7) is 1.31. The van der Waals surface area contributed by atoms with Crippen LogP contribution in [-0.4, -0.2) is 40.8 Å². The molecule has 0 saturated carbocycles. The van der Waals surface area contributed by atoms with Gasteiger partial charge in [0.15, 0.2) is 5.13 Å². The lowest BCUT2D eigenvalue weighted by atomic mass is 9.91. The maximum absolute atomic E-state index is 12.3. The van der Waals surface area contributed by atoms with Crippen LogP contribution in [0.5, 0.6) is 0 Å². The van der Waals surface area contributed by atoms with Crippen molar-refractivity contribution < 1.29 is 9.59 Å². The Morgan fingerprint density at radius 2 is 2.47 bits per heavy atom. The Morgan fingerprint density at radius 3 is 3.21 bits per heavy atom. The number of piperidine rings is 1. The lowest BCUT2D eigenvalue weighted by Gasteiger charge is -2.35. The van der Waals surface area contributed by atoms with E-state index < -0.39 is 0 Å². The smallest absolute Gasteiger partial charge is 0.228 e. The number of likely N-dealkylation sites (tertiary alicyclic amines) is 1. The summed E-state index contributed by atoms with van der Waals surface area (Å²) < 4.78 is 0. The van der Waals surface area contributed by atoms with Crippen molar-refractivity contribution in [1.29, 1.82) is 0 Å². The van der Waals surface area contributed by atoms with E-state index in [4.69, 9.17) is 5.73 Å². The van der Waals surface area contributed by atoms with Gasteiger partial charge < -0.3 is 16.0 Å². The number of nitrogen functional groups attached to an aromatic ring is 1. The molecule has 2 atom stereocenters. The zero-order chi connectivity index (χ0) is 13.4. The Kier molecular flexibility index (Phi) is 3.14. The first-order valence-electron chi connectivity index (χ1n) is 6.42. The fraction of sp³-hybridized carbons (Fsp3) is 0.583. The van der Waals surface area contributed by atoms with E-state index in [1.807, 2.05) is 10.3 Å². The monoisotopic (exact) mass is 280 g/mol. The first-order valence-corrected chi connectivity index (χ1v) is 7.30. The second-order valence-electron chi connectivity index (χ2n) is 5.00. The van der Waals surface area contributed by atoms with Crippen LogP contribution in [0.2, 0.25) is 0 Å². The van der Waals surface area contributed by atoms with Crippen LogP contribution in [0.25, 0.3) is 0 Å². The Balaban J connectivity index is 1.70. The Bertz CT molecular complexity index is 516. The summed E-state index contributed by atoms with van der Waals surface area (Å²) in [6.07, 6.45) is 2.04. The van der Waals surface area contributed by atoms with Gasteiger partial charge in [-0.05, 0) is 12.8 Å². The number of hydrogen-bond donors (Lipinski definition) is 2. The number of rotatable bonds is 2. The van der Waals surface area contributed by atoms with E-state index in [1.54, 1.807) is 0 Å². The highest BCUT2D eigenvalue weighted by Gasteiger charge is 2.42. The summed E-state index contributed by atoms with van der Waals surface area (Å²) in [5.41, 5.74) is 6.28. The number of aromatic nitrogens is 1. The second kappa shape index (κ2) is 4.80. The molecule has 2 amide bonds. The van der Waals surface area contributed by atoms with Gasteiger partial charge in [-0.15, -0.1) is 11.3 Å². The molecule has 3 rings (SSSR count). The van der Waals surface area contributed by atoms with Crippen molar-refractivity contribution in [3.05, 3.63) is 11.1 Å². The van der Waals surface area contributed by atoms with Crippen molar-refractivity contribution in [2.45, 2.75) is 25.3 Å². The number of anilines is 1. The average molecular weight is 280 g/mol. The van der Waals surface area contributed by atoms with Crippen LogP contribution in [0.4, 0.5) is 5.13 Å². The number of thiazole rings is 1. The number of carbonyl (C=O) groups is 2. The zero-order valence-electron chi connectivity index (χ0n) is 10.5. The first-order chi connectivity index (χ1) is 9.15. The van der Waals surface area contributed by atoms with Crippen LogP contribution >= 0.6 is 11.3 Å². The molecule has 19 heavy (non-hydrogen) atoms. The highest BCUT2D eigenvalue weighted by molar-refractivity contribution is 7.13. The van der Waals surface area contributed by atoms with E-state index in [0.29, 0.717) is 17.4 Å². The minimum Gasteiger partial charge on any atom is -0.375 e. The number of nitrogens with two attached hydrogens (primary N) is 1. The third-order valence-electron chi connectivity index (χ3n) is 3.82. The summed E-state index contributed by atoms with van der Waals surface area (Å²) in [5.74, 6) is 0.0927. The van der Waals surface area contributed by atoms with Crippen molar-refractivity contribution in [2.24, 2.45) is 5.92 Å². The molecule has 0 aliphatic carbocycles. The Hall–Kier alpha value is -1.63. The van der Waals surface area contributed by atoms with E-state index in [0.717, 1.165) is 19.4 Å². The molecule has 2 aliphatic rings. The highest BCUT2D eigenvalue weighted by Crippen LogP contribution is 2.28. The van der Waals surface area contributed by atoms with Crippen molar-refractivity contribution in [1.82, 2.24) is 15.2 Å². The van der Waals surface area contributed by atoms with Crippen molar-refractivity contribution in [3.63, 3.8) is 0 Å². The average Bonchev–Trinajstić information content (AvgIpc) is 2.96. The van der Waals surface area contributed by atoms with Gasteiger partial charge in [0.05, 0.1) is 24.1 Å². The van der Waals surface area contributed by atoms with Crippen LogP contribution in [0.1, 0.15) is 18.5 Å². The van der Waals surface area contributed by atoms with Crippen molar-refractivity contribution in [3.8, 4) is 0 Å². The predicted octanol–water partition coefficient (Wildman–Crippen LogP) is 0.00480. The van der Waals surface area contributed by atoms with Crippen molar-refractivity contribution in [2.75, 3.05) is 18.8 Å². The maximum atomic E-state index is 12.3. The van der Waals surface area contributed by atoms with Gasteiger partial charge in [0.2, 0.25) is 11.8 Å². The van der Waals surface area contributed by atoms with Gasteiger partial charge in [-0.1, -0.05) is 0 Å². The fourth-order valence-electron chi connectivity index (χ4n) is 2.92. The van der Waals surface area contributed by atoms with Crippen LogP contribution in [0, 0.1) is 5.92 Å². The molecule has 2 aliphatic heterocycles. The normalized spacial score (nSPS) is 26.1. The molecule has 2 saturated heterocycles. The van der Waals surface area contributed by atoms with Crippen LogP contribution in [-0.2, 0) is 16.0 Å². The number of hydrogen-bond acceptors (Lipinski definition) is 5. The molecule has 3 heterocycles. The number of carbonyl (C=O) groups excluding carboxylic acids is 2. The van der Waals surface area contributed by atoms with Gasteiger partial charge in [-0.3, -0.25) is 9.59 Å². The van der Waals surface area contributed by atoms with Gasteiger partial charge in [0.25, 0.3) is 0 Å². The highest BCUT2D eigenvalue weighted by atomic mass is 32.1. The fourth-order valence-corrected chi connectivity index (χ4v) is 3.48. The summed E-state index contributed by atoms with van der Waals surface area (Å²) >= 11 is 1.34. The minimum atomic E-state index is -0.0294. The molecule has 0 radical (unpaired) electrons. The molecular weight excluding hydrogens is 264 g/mol. The SMILES string of the molecule is Nc1nc(CC(=O)N2CCCC3C(=O)NCC32)cs1. The maximum Gasteiger partial charge on any atom is 0.228 e. The lowest BCUT2D eigenvalue weighted by Crippen LogP contribution is -2.49. The number of nitrogens with one attached hydrogen (secondary N) is 1. The zero-order valence-corrected chi connectivity index (χ0v) is 11.3. The second-order valence-corrected chi connectivity index (χ2v) is 5.89. The van der Waals surface area contributed by atoms with Crippen LogP contribution in [0.15, 0.2) is 5.38 Å². The van der Waals surface area contributed by atoms with Crippen molar-refractivity contribution >= 4 is 28.3 Å². The molecule has 7 heteroatoms. The lowest BCUT2D eigenvalue weighted by molar-refractivity contribution is -0.136. The van der Waals surface area contributed by atoms with Gasteiger partial charge in [0, 0.05) is 18.5 Å². The Morgan fingerprint density at radius 1 is 1.63 bits per heavy atom. The molecule has 0 aromatic carbocycles. The van der Waals surface area contributed by atoms with E-state index in [1.165, 1.54) is 11.3 Å². The molecule has 0 spiro atoms. The molecular formula is C12H16N4O2S. The van der Waals surface area contributed by atoms with E-state index in [-0.39, 0.29) is 30.2 Å². The molecule has 2 fully saturated rings. The van der Waals surface area contributed by atoms with Crippen LogP contribution < -0.4 is 11.1 Å². The molecule has 6 nitrogen and oxygen atoms in total. The Labute approximate surface area is 115 Å². The van der Waals surface area contributed by atoms with E-state index >= 15 is 0 Å². The summed E-state index contributed by atoms with van der Waals surface area (Å²) in [5, 5.41) is 5.14. The largest absolute Gasteiger partial charge is 0.375 e. The van der Waals surface area contributed by atoms with Gasteiger partial charge in [0.1, 0.15) is 0 Å². The summed E-state index contributed by atoms with van der Waals surface area (Å²) in [6, 6.07) is 0.0183. The number of amides is 2. The number of fused-ring (bicyclic) bond motifs is 1. The van der Waals surface area contributed by atoms with E-state index in [2.05, 4.69) is 10.3 Å². The molecule has 0 bridgehead atoms. The van der Waals surface area contributed by atoms with Gasteiger partial charge in [-0.25, -0.2) is 4.98 Å². The third kappa shape index (κ3) is 2.30. The number of nitrogens with zero attached hydrogens (tertiary/aromatic N) is 2. The third-order valence-corrected chi connectivity index (χ3v) is 4.55. The minimum absolute atomic E-state index is 0.0183. The van der Waals surface area contributed by atoms with Gasteiger partial charge >= 0.3 is 0 Å². The van der Waals surface area contributed by atoms with Gasteiger partial charge in [-0.2, -0.15) is 0 Å². The summed E-state index contributed by atoms with van der Waals surface area (Å²) in [4.78, 5) is 29.9. The first kappa shape index (κ1) is 12.4. The quantitative estimate of drug-likeness (QED) is 0.798.